The first kappa shape index (κ1) is 10.1. The highest BCUT2D eigenvalue weighted by Crippen LogP contribution is 2.02. The van der Waals surface area contributed by atoms with Gasteiger partial charge in [-0.05, 0) is 11.6 Å². The fraction of sp³-hybridized carbons (Fsp3) is 0. The van der Waals surface area contributed by atoms with E-state index in [4.69, 9.17) is 0 Å². The Balaban J connectivity index is 2.31. The van der Waals surface area contributed by atoms with Gasteiger partial charge in [0.15, 0.2) is 0 Å². The Morgan fingerprint density at radius 2 is 1.81 bits per heavy atom. The molecule has 1 aromatic heterocycles. The lowest BCUT2D eigenvalue weighted by molar-refractivity contribution is 0.880. The molecular weight excluding hydrogens is 206 g/mol. The summed E-state index contributed by atoms with van der Waals surface area (Å²) in [6.07, 6.45) is 3.29. The molecule has 16 heavy (non-hydrogen) atoms. The van der Waals surface area contributed by atoms with Gasteiger partial charge in [0.25, 0.3) is 5.56 Å². The number of H-pyrrole nitrogens is 2. The van der Waals surface area contributed by atoms with Crippen molar-refractivity contribution in [3.8, 4) is 0 Å². The first-order chi connectivity index (χ1) is 7.75. The highest BCUT2D eigenvalue weighted by Gasteiger charge is 1.96. The van der Waals surface area contributed by atoms with Gasteiger partial charge in [0.05, 0.1) is 0 Å². The molecular formula is C11H9N3O2. The zero-order chi connectivity index (χ0) is 11.4. The predicted octanol–water partition coefficient (Wildman–Crippen LogP) is 0.629. The second-order valence-electron chi connectivity index (χ2n) is 3.14. The number of nitrogens with zero attached hydrogens (tertiary/aromatic N) is 1. The highest BCUT2D eigenvalue weighted by atomic mass is 16.2. The van der Waals surface area contributed by atoms with Crippen molar-refractivity contribution < 1.29 is 0 Å². The number of hydrogen-bond donors (Lipinski definition) is 2. The number of aromatic amines is 2. The Hall–Kier alpha value is -2.43. The van der Waals surface area contributed by atoms with E-state index in [1.54, 1.807) is 12.2 Å². The van der Waals surface area contributed by atoms with Crippen LogP contribution >= 0.6 is 0 Å². The third-order valence-corrected chi connectivity index (χ3v) is 1.97. The second kappa shape index (κ2) is 4.39. The predicted molar refractivity (Wildman–Crippen MR) is 60.8 cm³/mol. The smallest absolute Gasteiger partial charge is 0.271 e. The molecule has 0 aliphatic heterocycles. The third-order valence-electron chi connectivity index (χ3n) is 1.97. The average molecular weight is 215 g/mol. The SMILES string of the molecule is O=c1[nH]nc(C=Cc2ccccc2)c(=O)[nH]1. The van der Waals surface area contributed by atoms with Gasteiger partial charge in [-0.2, -0.15) is 5.10 Å². The van der Waals surface area contributed by atoms with E-state index < -0.39 is 11.2 Å². The van der Waals surface area contributed by atoms with Crippen molar-refractivity contribution in [3.63, 3.8) is 0 Å². The Labute approximate surface area is 90.5 Å². The first-order valence-electron chi connectivity index (χ1n) is 4.68. The zero-order valence-electron chi connectivity index (χ0n) is 8.31. The van der Waals surface area contributed by atoms with Crippen LogP contribution in [0.25, 0.3) is 12.2 Å². The Morgan fingerprint density at radius 3 is 2.50 bits per heavy atom. The van der Waals surface area contributed by atoms with Crippen molar-refractivity contribution in [2.24, 2.45) is 0 Å². The molecule has 0 saturated carbocycles. The minimum Gasteiger partial charge on any atom is -0.271 e. The molecule has 0 unspecified atom stereocenters. The molecule has 2 N–H and O–H groups in total. The van der Waals surface area contributed by atoms with Crippen LogP contribution in [-0.4, -0.2) is 15.2 Å². The number of nitrogens with one attached hydrogen (secondary N) is 2. The van der Waals surface area contributed by atoms with Crippen LogP contribution in [-0.2, 0) is 0 Å². The molecule has 5 nitrogen and oxygen atoms in total. The molecule has 80 valence electrons. The molecule has 0 spiro atoms. The average Bonchev–Trinajstić information content (AvgIpc) is 2.29. The largest absolute Gasteiger partial charge is 0.342 e. The van der Waals surface area contributed by atoms with Crippen LogP contribution in [0, 0.1) is 0 Å². The van der Waals surface area contributed by atoms with E-state index in [0.717, 1.165) is 5.56 Å². The van der Waals surface area contributed by atoms with Gasteiger partial charge in [-0.15, -0.1) is 0 Å². The fourth-order valence-electron chi connectivity index (χ4n) is 1.21. The number of aromatic nitrogens is 3. The molecule has 0 bridgehead atoms. The molecule has 0 fully saturated rings. The van der Waals surface area contributed by atoms with Gasteiger partial charge in [0.2, 0.25) is 0 Å². The first-order valence-corrected chi connectivity index (χ1v) is 4.68. The summed E-state index contributed by atoms with van der Waals surface area (Å²) in [5, 5.41) is 5.79. The highest BCUT2D eigenvalue weighted by molar-refractivity contribution is 5.67. The molecule has 2 aromatic rings. The summed E-state index contributed by atoms with van der Waals surface area (Å²) in [4.78, 5) is 24.1. The summed E-state index contributed by atoms with van der Waals surface area (Å²) in [6.45, 7) is 0. The number of hydrogen-bond acceptors (Lipinski definition) is 3. The Morgan fingerprint density at radius 1 is 1.06 bits per heavy atom. The summed E-state index contributed by atoms with van der Waals surface area (Å²) in [6, 6.07) is 9.49. The second-order valence-corrected chi connectivity index (χ2v) is 3.14. The lowest BCUT2D eigenvalue weighted by Gasteiger charge is -1.91. The zero-order valence-corrected chi connectivity index (χ0v) is 8.31. The van der Waals surface area contributed by atoms with Gasteiger partial charge < -0.3 is 0 Å². The van der Waals surface area contributed by atoms with Gasteiger partial charge in [-0.3, -0.25) is 9.78 Å². The van der Waals surface area contributed by atoms with Crippen molar-refractivity contribution in [3.05, 3.63) is 62.4 Å². The number of benzene rings is 1. The molecule has 5 heteroatoms. The van der Waals surface area contributed by atoms with E-state index in [2.05, 4.69) is 15.2 Å². The summed E-state index contributed by atoms with van der Waals surface area (Å²) >= 11 is 0. The normalized spacial score (nSPS) is 10.8. The summed E-state index contributed by atoms with van der Waals surface area (Å²) in [7, 11) is 0. The molecule has 0 aliphatic carbocycles. The van der Waals surface area contributed by atoms with Crippen LogP contribution in [0.1, 0.15) is 11.3 Å². The van der Waals surface area contributed by atoms with E-state index in [1.165, 1.54) is 0 Å². The van der Waals surface area contributed by atoms with Crippen molar-refractivity contribution in [1.29, 1.82) is 0 Å². The van der Waals surface area contributed by atoms with E-state index in [1.807, 2.05) is 30.3 Å². The van der Waals surface area contributed by atoms with Crippen LogP contribution in [0.2, 0.25) is 0 Å². The summed E-state index contributed by atoms with van der Waals surface area (Å²) in [5.41, 5.74) is 0.0103. The van der Waals surface area contributed by atoms with Crippen molar-refractivity contribution in [2.45, 2.75) is 0 Å². The van der Waals surface area contributed by atoms with Crippen LogP contribution < -0.4 is 11.2 Å². The monoisotopic (exact) mass is 215 g/mol. The Bertz CT molecular complexity index is 611. The van der Waals surface area contributed by atoms with E-state index >= 15 is 0 Å². The van der Waals surface area contributed by atoms with Crippen molar-refractivity contribution >= 4 is 12.2 Å². The van der Waals surface area contributed by atoms with Crippen molar-refractivity contribution in [2.75, 3.05) is 0 Å². The van der Waals surface area contributed by atoms with Crippen LogP contribution in [0.5, 0.6) is 0 Å². The molecule has 1 aromatic carbocycles. The minimum absolute atomic E-state index is 0.170. The molecule has 0 amide bonds. The maximum Gasteiger partial charge on any atom is 0.342 e. The van der Waals surface area contributed by atoms with E-state index in [9.17, 15) is 9.59 Å². The lowest BCUT2D eigenvalue weighted by Crippen LogP contribution is -2.25. The maximum atomic E-state index is 11.3. The lowest BCUT2D eigenvalue weighted by atomic mass is 10.2. The van der Waals surface area contributed by atoms with Gasteiger partial charge in [-0.1, -0.05) is 36.4 Å². The standard InChI is InChI=1S/C11H9N3O2/c15-10-9(13-14-11(16)12-10)7-6-8-4-2-1-3-5-8/h1-7H,(H2,12,14,15,16). The molecule has 0 saturated heterocycles. The fourth-order valence-corrected chi connectivity index (χ4v) is 1.21. The molecule has 1 heterocycles. The maximum absolute atomic E-state index is 11.3. The summed E-state index contributed by atoms with van der Waals surface area (Å²) in [5.74, 6) is 0. The molecule has 2 rings (SSSR count). The Kier molecular flexibility index (Phi) is 2.77. The van der Waals surface area contributed by atoms with Gasteiger partial charge in [0.1, 0.15) is 5.69 Å². The van der Waals surface area contributed by atoms with E-state index in [0.29, 0.717) is 0 Å². The third kappa shape index (κ3) is 2.33. The van der Waals surface area contributed by atoms with Gasteiger partial charge in [-0.25, -0.2) is 9.89 Å². The van der Waals surface area contributed by atoms with Crippen molar-refractivity contribution in [1.82, 2.24) is 15.2 Å². The number of rotatable bonds is 2. The van der Waals surface area contributed by atoms with E-state index in [-0.39, 0.29) is 5.69 Å². The molecule has 0 atom stereocenters. The van der Waals surface area contributed by atoms with Gasteiger partial charge >= 0.3 is 5.69 Å². The molecule has 0 radical (unpaired) electrons. The molecule has 0 aliphatic rings. The topological polar surface area (TPSA) is 78.6 Å². The van der Waals surface area contributed by atoms with Crippen LogP contribution in [0.15, 0.2) is 39.9 Å². The minimum atomic E-state index is -0.609. The van der Waals surface area contributed by atoms with Gasteiger partial charge in [0, 0.05) is 0 Å². The summed E-state index contributed by atoms with van der Waals surface area (Å²) < 4.78 is 0. The van der Waals surface area contributed by atoms with Crippen LogP contribution in [0.4, 0.5) is 0 Å². The van der Waals surface area contributed by atoms with Crippen LogP contribution in [0.3, 0.4) is 0 Å². The quantitative estimate of drug-likeness (QED) is 0.771.